The fourth-order valence-electron chi connectivity index (χ4n) is 4.83. The smallest absolute Gasteiger partial charge is 0.332 e. The fraction of sp³-hybridized carbons (Fsp3) is 0.480. The van der Waals surface area contributed by atoms with Gasteiger partial charge in [-0.1, -0.05) is 6.07 Å². The number of halogens is 2. The summed E-state index contributed by atoms with van der Waals surface area (Å²) in [5, 5.41) is 13.3. The molecular formula is C25H30F2N3O8P. The van der Waals surface area contributed by atoms with Crippen molar-refractivity contribution in [3.63, 3.8) is 0 Å². The van der Waals surface area contributed by atoms with Gasteiger partial charge >= 0.3 is 7.60 Å². The van der Waals surface area contributed by atoms with Crippen molar-refractivity contribution in [3.8, 4) is 5.75 Å². The maximum Gasteiger partial charge on any atom is 0.332 e. The highest BCUT2D eigenvalue weighted by Crippen LogP contribution is 2.48. The second kappa shape index (κ2) is 11.5. The number of hydrogen-bond donors (Lipinski definition) is 2. The number of hydrogen-bond acceptors (Lipinski definition) is 8. The molecule has 2 aromatic rings. The van der Waals surface area contributed by atoms with E-state index < -0.39 is 53.3 Å². The molecule has 2 aliphatic rings. The highest BCUT2D eigenvalue weighted by molar-refractivity contribution is 7.53. The number of nitrogens with zero attached hydrogens (tertiary/aromatic N) is 2. The summed E-state index contributed by atoms with van der Waals surface area (Å²) in [5.41, 5.74) is -2.77. The number of amides is 2. The van der Waals surface area contributed by atoms with E-state index in [-0.39, 0.29) is 56.9 Å². The van der Waals surface area contributed by atoms with E-state index in [2.05, 4.69) is 5.32 Å². The van der Waals surface area contributed by atoms with Crippen molar-refractivity contribution in [2.45, 2.75) is 32.4 Å². The molecule has 1 unspecified atom stereocenters. The number of fused-ring (bicyclic) bond motifs is 2. The van der Waals surface area contributed by atoms with Gasteiger partial charge in [-0.15, -0.1) is 0 Å². The highest BCUT2D eigenvalue weighted by atomic mass is 31.2. The Bertz CT molecular complexity index is 1370. The van der Waals surface area contributed by atoms with Crippen molar-refractivity contribution < 1.29 is 41.8 Å². The van der Waals surface area contributed by atoms with Gasteiger partial charge in [-0.3, -0.25) is 18.9 Å². The Balaban J connectivity index is 1.65. The quantitative estimate of drug-likeness (QED) is 0.417. The normalized spacial score (nSPS) is 19.0. The predicted molar refractivity (Wildman–Crippen MR) is 135 cm³/mol. The molecular weight excluding hydrogens is 539 g/mol. The second-order valence-corrected chi connectivity index (χ2v) is 11.5. The first kappa shape index (κ1) is 28.9. The number of aromatic hydroxyl groups is 1. The van der Waals surface area contributed by atoms with Crippen LogP contribution in [0.3, 0.4) is 0 Å². The van der Waals surface area contributed by atoms with Crippen LogP contribution in [-0.4, -0.2) is 72.1 Å². The van der Waals surface area contributed by atoms with Crippen LogP contribution in [0.4, 0.5) is 8.78 Å². The zero-order chi connectivity index (χ0) is 28.4. The molecule has 212 valence electrons. The van der Waals surface area contributed by atoms with E-state index >= 15 is 0 Å². The fourth-order valence-corrected chi connectivity index (χ4v) is 6.43. The van der Waals surface area contributed by atoms with Gasteiger partial charge in [0.05, 0.1) is 31.5 Å². The molecule has 2 amide bonds. The Morgan fingerprint density at radius 1 is 1.23 bits per heavy atom. The van der Waals surface area contributed by atoms with Crippen LogP contribution in [0, 0.1) is 11.6 Å². The molecule has 14 heteroatoms. The van der Waals surface area contributed by atoms with Crippen molar-refractivity contribution in [1.29, 1.82) is 0 Å². The molecule has 4 rings (SSSR count). The summed E-state index contributed by atoms with van der Waals surface area (Å²) in [6.45, 7) is 3.84. The van der Waals surface area contributed by atoms with Crippen LogP contribution in [-0.2, 0) is 30.4 Å². The molecule has 1 spiro atoms. The Kier molecular flexibility index (Phi) is 8.55. The summed E-state index contributed by atoms with van der Waals surface area (Å²) in [6, 6.07) is 2.87. The second-order valence-electron chi connectivity index (χ2n) is 9.28. The first-order chi connectivity index (χ1) is 18.5. The van der Waals surface area contributed by atoms with Crippen LogP contribution >= 0.6 is 7.60 Å². The van der Waals surface area contributed by atoms with E-state index in [1.807, 2.05) is 0 Å². The molecule has 0 saturated carbocycles. The minimum Gasteiger partial charge on any atom is -0.503 e. The van der Waals surface area contributed by atoms with Crippen molar-refractivity contribution >= 4 is 19.4 Å². The number of benzene rings is 1. The van der Waals surface area contributed by atoms with Gasteiger partial charge in [-0.2, -0.15) is 0 Å². The SMILES string of the molecule is CCOP(=O)(CCN1CC2(CCOC2)n2cc(C(=O)NCc3ccc(F)cc3F)c(=O)c(O)c2C1=O)OCC. The summed E-state index contributed by atoms with van der Waals surface area (Å²) in [5.74, 6) is -4.17. The number of nitrogens with one attached hydrogen (secondary N) is 1. The topological polar surface area (TPSA) is 136 Å². The Labute approximate surface area is 223 Å². The zero-order valence-electron chi connectivity index (χ0n) is 21.6. The lowest BCUT2D eigenvalue weighted by Crippen LogP contribution is -2.56. The summed E-state index contributed by atoms with van der Waals surface area (Å²) >= 11 is 0. The Morgan fingerprint density at radius 3 is 2.56 bits per heavy atom. The van der Waals surface area contributed by atoms with Crippen molar-refractivity contribution in [1.82, 2.24) is 14.8 Å². The number of rotatable bonds is 10. The number of ether oxygens (including phenoxy) is 1. The van der Waals surface area contributed by atoms with Crippen LogP contribution in [0.1, 0.15) is 46.7 Å². The molecule has 1 aromatic heterocycles. The molecule has 0 bridgehead atoms. The molecule has 2 N–H and O–H groups in total. The number of carbonyl (C=O) groups excluding carboxylic acids is 2. The Morgan fingerprint density at radius 2 is 1.95 bits per heavy atom. The average molecular weight is 569 g/mol. The third-order valence-electron chi connectivity index (χ3n) is 6.75. The van der Waals surface area contributed by atoms with E-state index in [1.54, 1.807) is 13.8 Å². The van der Waals surface area contributed by atoms with Crippen molar-refractivity contribution in [3.05, 3.63) is 63.1 Å². The van der Waals surface area contributed by atoms with Gasteiger partial charge in [0.1, 0.15) is 17.2 Å². The minimum absolute atomic E-state index is 0.00471. The molecule has 3 heterocycles. The van der Waals surface area contributed by atoms with Gasteiger partial charge in [-0.05, 0) is 26.3 Å². The number of pyridine rings is 1. The largest absolute Gasteiger partial charge is 0.503 e. The first-order valence-corrected chi connectivity index (χ1v) is 14.2. The van der Waals surface area contributed by atoms with E-state index in [0.29, 0.717) is 19.1 Å². The van der Waals surface area contributed by atoms with Gasteiger partial charge in [-0.25, -0.2) is 8.78 Å². The van der Waals surface area contributed by atoms with E-state index in [1.165, 1.54) is 15.7 Å². The lowest BCUT2D eigenvalue weighted by Gasteiger charge is -2.43. The Hall–Kier alpha value is -3.12. The van der Waals surface area contributed by atoms with Crippen molar-refractivity contribution in [2.75, 3.05) is 45.7 Å². The number of carbonyl (C=O) groups is 2. The molecule has 0 radical (unpaired) electrons. The lowest BCUT2D eigenvalue weighted by molar-refractivity contribution is 0.0508. The van der Waals surface area contributed by atoms with Crippen LogP contribution in [0.2, 0.25) is 0 Å². The van der Waals surface area contributed by atoms with Gasteiger partial charge < -0.3 is 33.7 Å². The molecule has 1 aromatic carbocycles. The molecule has 11 nitrogen and oxygen atoms in total. The van der Waals surface area contributed by atoms with Crippen LogP contribution < -0.4 is 10.7 Å². The molecule has 2 aliphatic heterocycles. The lowest BCUT2D eigenvalue weighted by atomic mass is 9.92. The third kappa shape index (κ3) is 5.76. The maximum atomic E-state index is 14.0. The third-order valence-corrected chi connectivity index (χ3v) is 8.80. The number of aromatic nitrogens is 1. The molecule has 1 atom stereocenters. The minimum atomic E-state index is -3.48. The van der Waals surface area contributed by atoms with Gasteiger partial charge in [0.25, 0.3) is 11.8 Å². The molecule has 39 heavy (non-hydrogen) atoms. The summed E-state index contributed by atoms with van der Waals surface area (Å²) in [4.78, 5) is 40.7. The molecule has 1 saturated heterocycles. The summed E-state index contributed by atoms with van der Waals surface area (Å²) in [7, 11) is -3.48. The van der Waals surface area contributed by atoms with Crippen LogP contribution in [0.5, 0.6) is 5.75 Å². The predicted octanol–water partition coefficient (Wildman–Crippen LogP) is 2.60. The average Bonchev–Trinajstić information content (AvgIpc) is 3.36. The molecule has 1 fully saturated rings. The van der Waals surface area contributed by atoms with Gasteiger partial charge in [0, 0.05) is 44.1 Å². The van der Waals surface area contributed by atoms with E-state index in [4.69, 9.17) is 13.8 Å². The first-order valence-electron chi connectivity index (χ1n) is 12.5. The highest BCUT2D eigenvalue weighted by Gasteiger charge is 2.47. The van der Waals surface area contributed by atoms with Crippen LogP contribution in [0.25, 0.3) is 0 Å². The summed E-state index contributed by atoms with van der Waals surface area (Å²) < 4.78 is 57.8. The monoisotopic (exact) mass is 569 g/mol. The van der Waals surface area contributed by atoms with E-state index in [0.717, 1.165) is 12.1 Å². The maximum absolute atomic E-state index is 14.0. The molecule has 0 aliphatic carbocycles. The summed E-state index contributed by atoms with van der Waals surface area (Å²) in [6.07, 6.45) is 1.51. The van der Waals surface area contributed by atoms with E-state index in [9.17, 15) is 32.8 Å². The standard InChI is InChI=1S/C25H30F2N3O8P/c1-3-37-39(35,38-4-2)10-8-29-14-25(7-9-36-15-25)30-13-18(21(31)22(32)20(30)24(29)34)23(33)28-12-16-5-6-17(26)11-19(16)27/h5-6,11,13,32H,3-4,7-10,12,14-15H2,1-2H3,(H,28,33). The van der Waals surface area contributed by atoms with Gasteiger partial charge in [0.15, 0.2) is 11.4 Å². The van der Waals surface area contributed by atoms with Crippen molar-refractivity contribution in [2.24, 2.45) is 0 Å². The van der Waals surface area contributed by atoms with Gasteiger partial charge in [0.2, 0.25) is 5.43 Å². The van der Waals surface area contributed by atoms with Crippen LogP contribution in [0.15, 0.2) is 29.2 Å². The zero-order valence-corrected chi connectivity index (χ0v) is 22.5.